The monoisotopic (exact) mass is 470 g/mol. The van der Waals surface area contributed by atoms with E-state index in [0.717, 1.165) is 35.7 Å². The number of rotatable bonds is 9. The number of benzene rings is 2. The second-order valence-corrected chi connectivity index (χ2v) is 9.04. The minimum absolute atomic E-state index is 0.0260. The van der Waals surface area contributed by atoms with Crippen LogP contribution in [0, 0.1) is 0 Å². The van der Waals surface area contributed by atoms with Crippen molar-refractivity contribution in [1.29, 1.82) is 0 Å². The molecule has 1 fully saturated rings. The fourth-order valence-corrected chi connectivity index (χ4v) is 4.26. The largest absolute Gasteiger partial charge is 0.458 e. The minimum atomic E-state index is -1.08. The smallest absolute Gasteiger partial charge is 0.410 e. The van der Waals surface area contributed by atoms with Crippen molar-refractivity contribution in [2.24, 2.45) is 0 Å². The zero-order chi connectivity index (χ0) is 23.5. The van der Waals surface area contributed by atoms with Crippen molar-refractivity contribution in [3.63, 3.8) is 0 Å². The third-order valence-electron chi connectivity index (χ3n) is 5.33. The van der Waals surface area contributed by atoms with Crippen LogP contribution in [0.25, 0.3) is 0 Å². The first-order chi connectivity index (χ1) is 16.0. The maximum atomic E-state index is 12.8. The number of hydrogen-bond acceptors (Lipinski definition) is 6. The molecule has 1 aliphatic heterocycles. The molecule has 1 aliphatic rings. The summed E-state index contributed by atoms with van der Waals surface area (Å²) in [5, 5.41) is 0. The van der Waals surface area contributed by atoms with Gasteiger partial charge in [-0.05, 0) is 11.1 Å². The van der Waals surface area contributed by atoms with E-state index in [1.807, 2.05) is 77.3 Å². The lowest BCUT2D eigenvalue weighted by Gasteiger charge is -2.27. The van der Waals surface area contributed by atoms with Gasteiger partial charge in [-0.2, -0.15) is 11.8 Å². The van der Waals surface area contributed by atoms with Crippen LogP contribution in [0.2, 0.25) is 0 Å². The van der Waals surface area contributed by atoms with Gasteiger partial charge in [-0.1, -0.05) is 60.7 Å². The molecule has 2 aromatic rings. The zero-order valence-corrected chi connectivity index (χ0v) is 19.7. The number of ether oxygens (including phenoxy) is 2. The van der Waals surface area contributed by atoms with Crippen LogP contribution >= 0.6 is 11.8 Å². The van der Waals surface area contributed by atoms with Gasteiger partial charge in [0, 0.05) is 51.0 Å². The lowest BCUT2D eigenvalue weighted by molar-refractivity contribution is -0.155. The van der Waals surface area contributed by atoms with Crippen LogP contribution in [0.15, 0.2) is 60.7 Å². The first-order valence-electron chi connectivity index (χ1n) is 11.0. The second-order valence-electron chi connectivity index (χ2n) is 7.82. The Morgan fingerprint density at radius 1 is 0.970 bits per heavy atom. The lowest BCUT2D eigenvalue weighted by atomic mass is 10.1. The standard InChI is InChI=1S/C25H30N2O5S/c1-26(13-12-23(28)27-14-16-33-17-15-27)25(30)32-22(18-20-8-4-2-5-9-20)24(29)31-19-21-10-6-3-7-11-21/h2-11,22H,12-19H2,1H3/t22-/m0/s1. The van der Waals surface area contributed by atoms with Gasteiger partial charge in [0.05, 0.1) is 0 Å². The average Bonchev–Trinajstić information content (AvgIpc) is 2.86. The SMILES string of the molecule is CN(CCC(=O)N1CCSCC1)C(=O)O[C@@H](Cc1ccccc1)C(=O)OCc1ccccc1. The van der Waals surface area contributed by atoms with E-state index in [-0.39, 0.29) is 31.9 Å². The van der Waals surface area contributed by atoms with Crippen LogP contribution in [-0.2, 0) is 32.1 Å². The molecule has 0 saturated carbocycles. The zero-order valence-electron chi connectivity index (χ0n) is 18.9. The molecule has 2 amide bonds. The second kappa shape index (κ2) is 12.9. The summed E-state index contributed by atoms with van der Waals surface area (Å²) in [6, 6.07) is 18.7. The first kappa shape index (κ1) is 24.6. The Kier molecular flexibility index (Phi) is 9.62. The molecule has 2 aromatic carbocycles. The van der Waals surface area contributed by atoms with Crippen LogP contribution in [0.5, 0.6) is 0 Å². The summed E-state index contributed by atoms with van der Waals surface area (Å²) >= 11 is 1.84. The molecule has 7 nitrogen and oxygen atoms in total. The van der Waals surface area contributed by atoms with Crippen molar-refractivity contribution >= 4 is 29.7 Å². The predicted octanol–water partition coefficient (Wildman–Crippen LogP) is 3.38. The summed E-state index contributed by atoms with van der Waals surface area (Å²) in [6.45, 7) is 1.80. The molecule has 0 aromatic heterocycles. The average molecular weight is 471 g/mol. The highest BCUT2D eigenvalue weighted by Gasteiger charge is 2.27. The molecule has 1 atom stereocenters. The topological polar surface area (TPSA) is 76.2 Å². The van der Waals surface area contributed by atoms with Crippen molar-refractivity contribution in [3.05, 3.63) is 71.8 Å². The molecule has 0 N–H and O–H groups in total. The number of carbonyl (C=O) groups excluding carboxylic acids is 3. The summed E-state index contributed by atoms with van der Waals surface area (Å²) in [5.74, 6) is 1.30. The normalized spacial score (nSPS) is 14.3. The van der Waals surface area contributed by atoms with E-state index in [2.05, 4.69) is 0 Å². The fraction of sp³-hybridized carbons (Fsp3) is 0.400. The Morgan fingerprint density at radius 2 is 1.58 bits per heavy atom. The maximum Gasteiger partial charge on any atom is 0.410 e. The molecule has 8 heteroatoms. The van der Waals surface area contributed by atoms with Crippen molar-refractivity contribution in [2.45, 2.75) is 25.6 Å². The quantitative estimate of drug-likeness (QED) is 0.523. The fourth-order valence-electron chi connectivity index (χ4n) is 3.36. The van der Waals surface area contributed by atoms with Gasteiger partial charge in [0.1, 0.15) is 6.61 Å². The van der Waals surface area contributed by atoms with Crippen LogP contribution in [0.3, 0.4) is 0 Å². The molecule has 33 heavy (non-hydrogen) atoms. The molecule has 0 spiro atoms. The van der Waals surface area contributed by atoms with Gasteiger partial charge in [0.2, 0.25) is 12.0 Å². The number of hydrogen-bond donors (Lipinski definition) is 0. The Labute approximate surface area is 199 Å². The molecule has 1 heterocycles. The van der Waals surface area contributed by atoms with E-state index in [4.69, 9.17) is 9.47 Å². The van der Waals surface area contributed by atoms with E-state index < -0.39 is 18.2 Å². The highest BCUT2D eigenvalue weighted by Crippen LogP contribution is 2.13. The molecule has 0 unspecified atom stereocenters. The van der Waals surface area contributed by atoms with E-state index in [9.17, 15) is 14.4 Å². The van der Waals surface area contributed by atoms with Gasteiger partial charge in [0.25, 0.3) is 0 Å². The van der Waals surface area contributed by atoms with Gasteiger partial charge in [-0.15, -0.1) is 0 Å². The molecular weight excluding hydrogens is 440 g/mol. The van der Waals surface area contributed by atoms with Crippen LogP contribution in [0.4, 0.5) is 4.79 Å². The summed E-state index contributed by atoms with van der Waals surface area (Å²) in [4.78, 5) is 41.0. The molecular formula is C25H30N2O5S. The van der Waals surface area contributed by atoms with Crippen molar-refractivity contribution in [1.82, 2.24) is 9.80 Å². The highest BCUT2D eigenvalue weighted by atomic mass is 32.2. The van der Waals surface area contributed by atoms with Gasteiger partial charge >= 0.3 is 12.1 Å². The van der Waals surface area contributed by atoms with Gasteiger partial charge in [0.15, 0.2) is 0 Å². The Hall–Kier alpha value is -3.00. The number of carbonyl (C=O) groups is 3. The van der Waals surface area contributed by atoms with Crippen molar-refractivity contribution < 1.29 is 23.9 Å². The van der Waals surface area contributed by atoms with Crippen molar-refractivity contribution in [2.75, 3.05) is 38.2 Å². The lowest BCUT2D eigenvalue weighted by Crippen LogP contribution is -2.41. The van der Waals surface area contributed by atoms with E-state index in [1.165, 1.54) is 4.90 Å². The summed E-state index contributed by atoms with van der Waals surface area (Å²) < 4.78 is 11.0. The van der Waals surface area contributed by atoms with E-state index >= 15 is 0 Å². The van der Waals surface area contributed by atoms with Gasteiger partial charge in [-0.25, -0.2) is 9.59 Å². The molecule has 176 valence electrons. The molecule has 0 radical (unpaired) electrons. The Bertz CT molecular complexity index is 904. The number of esters is 1. The first-order valence-corrected chi connectivity index (χ1v) is 12.2. The Balaban J connectivity index is 1.56. The third kappa shape index (κ3) is 8.13. The number of amides is 2. The third-order valence-corrected chi connectivity index (χ3v) is 6.27. The van der Waals surface area contributed by atoms with E-state index in [0.29, 0.717) is 0 Å². The van der Waals surface area contributed by atoms with Crippen LogP contribution in [0.1, 0.15) is 17.5 Å². The highest BCUT2D eigenvalue weighted by molar-refractivity contribution is 7.99. The molecule has 3 rings (SSSR count). The number of thioether (sulfide) groups is 1. The molecule has 1 saturated heterocycles. The molecule has 0 aliphatic carbocycles. The van der Waals surface area contributed by atoms with Crippen molar-refractivity contribution in [3.8, 4) is 0 Å². The van der Waals surface area contributed by atoms with Crippen LogP contribution < -0.4 is 0 Å². The van der Waals surface area contributed by atoms with E-state index in [1.54, 1.807) is 7.05 Å². The van der Waals surface area contributed by atoms with Crippen LogP contribution in [-0.4, -0.2) is 72.1 Å². The summed E-state index contributed by atoms with van der Waals surface area (Å²) in [7, 11) is 1.57. The Morgan fingerprint density at radius 3 is 2.21 bits per heavy atom. The van der Waals surface area contributed by atoms with Gasteiger partial charge in [-0.3, -0.25) is 4.79 Å². The minimum Gasteiger partial charge on any atom is -0.458 e. The number of nitrogens with zero attached hydrogens (tertiary/aromatic N) is 2. The summed E-state index contributed by atoms with van der Waals surface area (Å²) in [6.07, 6.45) is -1.31. The maximum absolute atomic E-state index is 12.8. The predicted molar refractivity (Wildman–Crippen MR) is 128 cm³/mol. The summed E-state index contributed by atoms with van der Waals surface area (Å²) in [5.41, 5.74) is 1.70. The van der Waals surface area contributed by atoms with Gasteiger partial charge < -0.3 is 19.3 Å². The molecule has 0 bridgehead atoms.